The molecule has 0 bridgehead atoms. The van der Waals surface area contributed by atoms with Crippen LogP contribution in [0.4, 0.5) is 5.69 Å². The highest BCUT2D eigenvalue weighted by Crippen LogP contribution is 2.22. The van der Waals surface area contributed by atoms with E-state index < -0.39 is 9.99 Å². The molecule has 20 heavy (non-hydrogen) atoms. The Morgan fingerprint density at radius 3 is 1.90 bits per heavy atom. The van der Waals surface area contributed by atoms with Crippen molar-refractivity contribution >= 4 is 27.3 Å². The van der Waals surface area contributed by atoms with Crippen LogP contribution in [-0.2, 0) is 9.99 Å². The summed E-state index contributed by atoms with van der Waals surface area (Å²) in [5.41, 5.74) is 3.13. The third kappa shape index (κ3) is 3.69. The van der Waals surface area contributed by atoms with Crippen LogP contribution in [0, 0.1) is 0 Å². The zero-order valence-electron chi connectivity index (χ0n) is 11.0. The van der Waals surface area contributed by atoms with Crippen LogP contribution < -0.4 is 4.72 Å². The van der Waals surface area contributed by atoms with E-state index in [2.05, 4.69) is 10.6 Å². The van der Waals surface area contributed by atoms with Crippen LogP contribution in [0.3, 0.4) is 0 Å². The van der Waals surface area contributed by atoms with E-state index in [1.165, 1.54) is 6.92 Å². The van der Waals surface area contributed by atoms with Gasteiger partial charge in [0.1, 0.15) is 0 Å². The first-order valence-corrected chi connectivity index (χ1v) is 7.62. The zero-order valence-corrected chi connectivity index (χ0v) is 11.8. The van der Waals surface area contributed by atoms with Gasteiger partial charge in [-0.15, -0.1) is 0 Å². The van der Waals surface area contributed by atoms with Gasteiger partial charge in [-0.1, -0.05) is 36.4 Å². The predicted molar refractivity (Wildman–Crippen MR) is 83.4 cm³/mol. The lowest BCUT2D eigenvalue weighted by Gasteiger charge is -2.08. The molecular weight excluding hydrogens is 274 g/mol. The molecule has 0 saturated heterocycles. The number of anilines is 1. The van der Waals surface area contributed by atoms with Gasteiger partial charge in [0.25, 0.3) is 0 Å². The molecule has 1 unspecified atom stereocenters. The molecular formula is C15H15NO3S. The molecule has 0 aromatic heterocycles. The van der Waals surface area contributed by atoms with Crippen LogP contribution >= 0.6 is 0 Å². The number of benzene rings is 2. The van der Waals surface area contributed by atoms with Gasteiger partial charge in [0.05, 0.1) is 0 Å². The number of carbonyl (C=O) groups is 1. The molecule has 104 valence electrons. The molecule has 0 amide bonds. The van der Waals surface area contributed by atoms with Gasteiger partial charge in [-0.05, 0) is 36.1 Å². The maximum atomic E-state index is 11.2. The van der Waals surface area contributed by atoms with Gasteiger partial charge in [0, 0.05) is 11.3 Å². The molecule has 5 heteroatoms. The first-order chi connectivity index (χ1) is 9.35. The SMILES string of the molecule is C=S(=O)(O)Nc1ccc(-c2ccc(C(C)=O)cc2)cc1. The molecule has 1 atom stereocenters. The second-order valence-corrected chi connectivity index (χ2v) is 5.94. The summed E-state index contributed by atoms with van der Waals surface area (Å²) in [6.07, 6.45) is 0. The molecule has 0 saturated carbocycles. The van der Waals surface area contributed by atoms with E-state index in [1.807, 2.05) is 24.3 Å². The Labute approximate surface area is 118 Å². The molecule has 2 aromatic carbocycles. The van der Waals surface area contributed by atoms with Crippen molar-refractivity contribution in [2.24, 2.45) is 0 Å². The van der Waals surface area contributed by atoms with Crippen molar-refractivity contribution < 1.29 is 13.6 Å². The smallest absolute Gasteiger partial charge is 0.160 e. The molecule has 2 N–H and O–H groups in total. The quantitative estimate of drug-likeness (QED) is 0.671. The van der Waals surface area contributed by atoms with E-state index in [4.69, 9.17) is 4.55 Å². The highest BCUT2D eigenvalue weighted by Gasteiger charge is 2.02. The molecule has 0 heterocycles. The lowest BCUT2D eigenvalue weighted by atomic mass is 10.0. The molecule has 0 aliphatic rings. The summed E-state index contributed by atoms with van der Waals surface area (Å²) in [4.78, 5) is 11.2. The summed E-state index contributed by atoms with van der Waals surface area (Å²) in [6.45, 7) is 1.53. The number of Topliss-reactive ketones (excluding diaryl/α,β-unsaturated/α-hetero) is 1. The summed E-state index contributed by atoms with van der Waals surface area (Å²) < 4.78 is 22.6. The average molecular weight is 289 g/mol. The highest BCUT2D eigenvalue weighted by atomic mass is 32.2. The van der Waals surface area contributed by atoms with E-state index in [0.29, 0.717) is 11.3 Å². The minimum absolute atomic E-state index is 0.0317. The maximum Gasteiger partial charge on any atom is 0.160 e. The summed E-state index contributed by atoms with van der Waals surface area (Å²) in [7, 11) is -3.26. The summed E-state index contributed by atoms with van der Waals surface area (Å²) in [5.74, 6) is 3.14. The van der Waals surface area contributed by atoms with E-state index >= 15 is 0 Å². The van der Waals surface area contributed by atoms with Crippen molar-refractivity contribution in [2.45, 2.75) is 6.92 Å². The molecule has 0 aliphatic heterocycles. The van der Waals surface area contributed by atoms with Gasteiger partial charge < -0.3 is 0 Å². The molecule has 0 radical (unpaired) electrons. The molecule has 2 rings (SSSR count). The van der Waals surface area contributed by atoms with Crippen molar-refractivity contribution in [3.8, 4) is 11.1 Å². The maximum absolute atomic E-state index is 11.2. The zero-order chi connectivity index (χ0) is 14.8. The number of rotatable bonds is 4. The molecule has 4 nitrogen and oxygen atoms in total. The number of hydrogen-bond donors (Lipinski definition) is 2. The largest absolute Gasteiger partial charge is 0.299 e. The first-order valence-electron chi connectivity index (χ1n) is 5.94. The van der Waals surface area contributed by atoms with Crippen molar-refractivity contribution in [1.82, 2.24) is 0 Å². The van der Waals surface area contributed by atoms with Gasteiger partial charge in [0.15, 0.2) is 15.8 Å². The van der Waals surface area contributed by atoms with Crippen molar-refractivity contribution in [2.75, 3.05) is 4.72 Å². The summed E-state index contributed by atoms with van der Waals surface area (Å²) >= 11 is 0. The van der Waals surface area contributed by atoms with E-state index in [-0.39, 0.29) is 5.78 Å². The fourth-order valence-electron chi connectivity index (χ4n) is 1.81. The topological polar surface area (TPSA) is 66.4 Å². The second kappa shape index (κ2) is 5.48. The third-order valence-electron chi connectivity index (χ3n) is 2.79. The van der Waals surface area contributed by atoms with Crippen molar-refractivity contribution in [3.05, 3.63) is 54.1 Å². The standard InChI is InChI=1S/C15H15NO3S/c1-11(17)12-3-5-13(6-4-12)14-7-9-15(10-8-14)16-20(2,18)19/h3-10H,2H2,1H3,(H2,16,18,19). The Morgan fingerprint density at radius 2 is 1.50 bits per heavy atom. The Kier molecular flexibility index (Phi) is 3.92. The van der Waals surface area contributed by atoms with Crippen molar-refractivity contribution in [3.63, 3.8) is 0 Å². The van der Waals surface area contributed by atoms with Gasteiger partial charge >= 0.3 is 0 Å². The number of ketones is 1. The van der Waals surface area contributed by atoms with Crippen LogP contribution in [0.2, 0.25) is 0 Å². The van der Waals surface area contributed by atoms with Gasteiger partial charge in [-0.2, -0.15) is 0 Å². The third-order valence-corrected chi connectivity index (χ3v) is 3.34. The lowest BCUT2D eigenvalue weighted by molar-refractivity contribution is 0.101. The van der Waals surface area contributed by atoms with Crippen molar-refractivity contribution in [1.29, 1.82) is 0 Å². The van der Waals surface area contributed by atoms with E-state index in [9.17, 15) is 9.00 Å². The van der Waals surface area contributed by atoms with Gasteiger partial charge in [-0.25, -0.2) is 4.21 Å². The van der Waals surface area contributed by atoms with Crippen LogP contribution in [-0.4, -0.2) is 20.4 Å². The number of carbonyl (C=O) groups excluding carboxylic acids is 1. The fourth-order valence-corrected chi connectivity index (χ4v) is 2.32. The van der Waals surface area contributed by atoms with Crippen LogP contribution in [0.15, 0.2) is 48.5 Å². The molecule has 2 aromatic rings. The predicted octanol–water partition coefficient (Wildman–Crippen LogP) is 3.07. The van der Waals surface area contributed by atoms with Crippen LogP contribution in [0.1, 0.15) is 17.3 Å². The normalized spacial score (nSPS) is 13.5. The lowest BCUT2D eigenvalue weighted by Crippen LogP contribution is -2.09. The average Bonchev–Trinajstić information content (AvgIpc) is 2.38. The minimum atomic E-state index is -3.26. The molecule has 0 fully saturated rings. The Morgan fingerprint density at radius 1 is 1.05 bits per heavy atom. The van der Waals surface area contributed by atoms with E-state index in [0.717, 1.165) is 11.1 Å². The fraction of sp³-hybridized carbons (Fsp3) is 0.0667. The summed E-state index contributed by atoms with van der Waals surface area (Å²) in [5, 5.41) is 0. The Hall–Kier alpha value is -2.11. The first kappa shape index (κ1) is 14.3. The monoisotopic (exact) mass is 289 g/mol. The number of nitrogens with one attached hydrogen (secondary N) is 1. The van der Waals surface area contributed by atoms with Gasteiger partial charge in [-0.3, -0.25) is 14.1 Å². The number of hydrogen-bond acceptors (Lipinski definition) is 2. The van der Waals surface area contributed by atoms with Crippen LogP contribution in [0.5, 0.6) is 0 Å². The Bertz CT molecular complexity index is 717. The Balaban J connectivity index is 2.23. The molecule has 0 spiro atoms. The second-order valence-electron chi connectivity index (χ2n) is 4.45. The molecule has 0 aliphatic carbocycles. The van der Waals surface area contributed by atoms with Crippen LogP contribution in [0.25, 0.3) is 11.1 Å². The minimum Gasteiger partial charge on any atom is -0.299 e. The van der Waals surface area contributed by atoms with E-state index in [1.54, 1.807) is 24.3 Å². The highest BCUT2D eigenvalue weighted by molar-refractivity contribution is 7.96. The summed E-state index contributed by atoms with van der Waals surface area (Å²) in [6, 6.07) is 14.4. The van der Waals surface area contributed by atoms with Gasteiger partial charge in [0.2, 0.25) is 0 Å².